The lowest BCUT2D eigenvalue weighted by Gasteiger charge is -2.37. The predicted octanol–water partition coefficient (Wildman–Crippen LogP) is 5.17. The predicted molar refractivity (Wildman–Crippen MR) is 148 cm³/mol. The van der Waals surface area contributed by atoms with Crippen LogP contribution in [0.15, 0.2) is 36.8 Å². The second-order valence-corrected chi connectivity index (χ2v) is 11.6. The average Bonchev–Trinajstić information content (AvgIpc) is 3.30. The van der Waals surface area contributed by atoms with Crippen molar-refractivity contribution in [1.82, 2.24) is 19.7 Å². The maximum absolute atomic E-state index is 6.20. The quantitative estimate of drug-likeness (QED) is 0.514. The topological polar surface area (TPSA) is 41.1 Å². The Kier molecular flexibility index (Phi) is 8.11. The summed E-state index contributed by atoms with van der Waals surface area (Å²) in [6.07, 6.45) is 11.6. The highest BCUT2D eigenvalue weighted by Gasteiger charge is 2.27. The minimum absolute atomic E-state index is 0.563. The molecular formula is C29H40N4O2S. The van der Waals surface area contributed by atoms with Gasteiger partial charge in [0.1, 0.15) is 5.75 Å². The van der Waals surface area contributed by atoms with Gasteiger partial charge in [-0.3, -0.25) is 9.88 Å². The van der Waals surface area contributed by atoms with Crippen molar-refractivity contribution in [3.8, 4) is 5.75 Å². The Morgan fingerprint density at radius 1 is 1.17 bits per heavy atom. The normalized spacial score (nSPS) is 23.1. The van der Waals surface area contributed by atoms with Crippen molar-refractivity contribution in [2.45, 2.75) is 45.7 Å². The minimum Gasteiger partial charge on any atom is -0.492 e. The number of hydrogen-bond acceptors (Lipinski definition) is 7. The third-order valence-corrected chi connectivity index (χ3v) is 8.73. The lowest BCUT2D eigenvalue weighted by atomic mass is 9.97. The summed E-state index contributed by atoms with van der Waals surface area (Å²) in [7, 11) is 4.38. The molecule has 0 aliphatic carbocycles. The average molecular weight is 509 g/mol. The van der Waals surface area contributed by atoms with E-state index in [4.69, 9.17) is 9.47 Å². The van der Waals surface area contributed by atoms with Crippen LogP contribution in [-0.4, -0.2) is 79.3 Å². The van der Waals surface area contributed by atoms with Gasteiger partial charge in [-0.2, -0.15) is 0 Å². The van der Waals surface area contributed by atoms with Gasteiger partial charge in [-0.1, -0.05) is 13.0 Å². The van der Waals surface area contributed by atoms with Crippen LogP contribution in [0.4, 0.5) is 0 Å². The number of nitrogens with zero attached hydrogens (tertiary/aromatic N) is 4. The first-order valence-electron chi connectivity index (χ1n) is 13.4. The summed E-state index contributed by atoms with van der Waals surface area (Å²) in [5, 5.41) is 0. The van der Waals surface area contributed by atoms with Crippen LogP contribution in [0.3, 0.4) is 0 Å². The molecule has 0 amide bonds. The number of aromatic nitrogens is 1. The highest BCUT2D eigenvalue weighted by atomic mass is 32.1. The van der Waals surface area contributed by atoms with Crippen LogP contribution in [0.2, 0.25) is 0 Å². The Bertz CT molecular complexity index is 1100. The first-order chi connectivity index (χ1) is 17.5. The number of rotatable bonds is 7. The van der Waals surface area contributed by atoms with Gasteiger partial charge in [0.15, 0.2) is 0 Å². The molecule has 0 saturated carbocycles. The van der Waals surface area contributed by atoms with Crippen LogP contribution < -0.4 is 4.74 Å². The summed E-state index contributed by atoms with van der Waals surface area (Å²) in [4.78, 5) is 14.7. The molecule has 36 heavy (non-hydrogen) atoms. The lowest BCUT2D eigenvalue weighted by Crippen LogP contribution is -2.49. The molecule has 2 aromatic heterocycles. The van der Waals surface area contributed by atoms with Gasteiger partial charge in [-0.25, -0.2) is 0 Å². The number of pyridine rings is 1. The first-order valence-corrected chi connectivity index (χ1v) is 14.2. The molecule has 3 aliphatic rings. The summed E-state index contributed by atoms with van der Waals surface area (Å²) in [6, 6.07) is 5.15. The van der Waals surface area contributed by atoms with Gasteiger partial charge in [0.2, 0.25) is 0 Å². The molecule has 0 radical (unpaired) electrons. The monoisotopic (exact) mass is 508 g/mol. The molecular weight excluding hydrogens is 468 g/mol. The molecule has 2 fully saturated rings. The largest absolute Gasteiger partial charge is 0.492 e. The Hall–Kier alpha value is -2.19. The summed E-state index contributed by atoms with van der Waals surface area (Å²) in [5.41, 5.74) is 4.98. The Morgan fingerprint density at radius 2 is 2.00 bits per heavy atom. The number of ether oxygens (including phenoxy) is 2. The van der Waals surface area contributed by atoms with Gasteiger partial charge in [-0.15, -0.1) is 11.3 Å². The molecule has 0 spiro atoms. The molecule has 6 nitrogen and oxygen atoms in total. The molecule has 5 heterocycles. The maximum atomic E-state index is 6.20. The van der Waals surface area contributed by atoms with Crippen LogP contribution in [0.5, 0.6) is 5.75 Å². The van der Waals surface area contributed by atoms with E-state index in [1.54, 1.807) is 0 Å². The number of allylic oxidation sites excluding steroid dienone is 1. The number of piperazine rings is 1. The Labute approximate surface area is 220 Å². The maximum Gasteiger partial charge on any atom is 0.138 e. The van der Waals surface area contributed by atoms with Crippen LogP contribution in [0.25, 0.3) is 11.3 Å². The van der Waals surface area contributed by atoms with Gasteiger partial charge in [0.05, 0.1) is 12.8 Å². The fraction of sp³-hybridized carbons (Fsp3) is 0.552. The summed E-state index contributed by atoms with van der Waals surface area (Å²) >= 11 is 1.93. The molecule has 5 rings (SSSR count). The van der Waals surface area contributed by atoms with Crippen molar-refractivity contribution in [1.29, 1.82) is 0 Å². The van der Waals surface area contributed by atoms with Crippen molar-refractivity contribution < 1.29 is 9.47 Å². The third-order valence-electron chi connectivity index (χ3n) is 7.58. The standard InChI is InChI=1S/C29H40N4O2S/c1-5-6-28-26-14-25(18-33-10-9-31(3)17-21(33)2)36-29(26)27(19-32(28)4)23-13-24(16-30-15-23)35-20-22-7-11-34-12-8-22/h6,13-16,19,21-22H,5,7-12,17-18,20H2,1-4H3/b28-6-. The van der Waals surface area contributed by atoms with E-state index in [0.717, 1.165) is 76.6 Å². The molecule has 0 bridgehead atoms. The molecule has 0 N–H and O–H groups in total. The zero-order valence-electron chi connectivity index (χ0n) is 22.2. The number of fused-ring (bicyclic) bond motifs is 1. The molecule has 2 aromatic rings. The van der Waals surface area contributed by atoms with Gasteiger partial charge in [0, 0.05) is 97.0 Å². The fourth-order valence-corrected chi connectivity index (χ4v) is 6.68. The molecule has 7 heteroatoms. The van der Waals surface area contributed by atoms with E-state index >= 15 is 0 Å². The molecule has 1 unspecified atom stereocenters. The first kappa shape index (κ1) is 25.5. The van der Waals surface area contributed by atoms with E-state index in [2.05, 4.69) is 72.0 Å². The fourth-order valence-electron chi connectivity index (χ4n) is 5.46. The molecule has 2 saturated heterocycles. The van der Waals surface area contributed by atoms with Gasteiger partial charge >= 0.3 is 0 Å². The number of likely N-dealkylation sites (N-methyl/N-ethyl adjacent to an activating group) is 1. The number of thiophene rings is 1. The zero-order valence-corrected chi connectivity index (χ0v) is 23.0. The van der Waals surface area contributed by atoms with E-state index in [1.165, 1.54) is 26.6 Å². The summed E-state index contributed by atoms with van der Waals surface area (Å²) < 4.78 is 11.7. The van der Waals surface area contributed by atoms with E-state index < -0.39 is 0 Å². The molecule has 1 atom stereocenters. The third kappa shape index (κ3) is 5.70. The SMILES string of the molecule is CC/C=C1/c2cc(CN3CCN(C)CC3C)sc2C(c2cncc(OCC3CCOCC3)c2)=CN1C. The molecule has 194 valence electrons. The highest BCUT2D eigenvalue weighted by molar-refractivity contribution is 7.13. The number of hydrogen-bond donors (Lipinski definition) is 0. The van der Waals surface area contributed by atoms with Crippen molar-refractivity contribution in [3.63, 3.8) is 0 Å². The van der Waals surface area contributed by atoms with E-state index in [-0.39, 0.29) is 0 Å². The van der Waals surface area contributed by atoms with Crippen LogP contribution in [-0.2, 0) is 11.3 Å². The van der Waals surface area contributed by atoms with Crippen LogP contribution in [0.1, 0.15) is 54.0 Å². The van der Waals surface area contributed by atoms with Crippen molar-refractivity contribution in [2.24, 2.45) is 5.92 Å². The van der Waals surface area contributed by atoms with E-state index in [0.29, 0.717) is 12.0 Å². The zero-order chi connectivity index (χ0) is 25.1. The highest BCUT2D eigenvalue weighted by Crippen LogP contribution is 2.43. The second kappa shape index (κ2) is 11.5. The van der Waals surface area contributed by atoms with Crippen LogP contribution in [0, 0.1) is 5.92 Å². The van der Waals surface area contributed by atoms with Gasteiger partial charge < -0.3 is 19.3 Å². The lowest BCUT2D eigenvalue weighted by molar-refractivity contribution is 0.0497. The van der Waals surface area contributed by atoms with Crippen molar-refractivity contribution >= 4 is 22.6 Å². The molecule has 0 aromatic carbocycles. The van der Waals surface area contributed by atoms with Gasteiger partial charge in [-0.05, 0) is 51.3 Å². The van der Waals surface area contributed by atoms with Crippen molar-refractivity contribution in [3.05, 3.63) is 57.7 Å². The Balaban J connectivity index is 1.40. The smallest absolute Gasteiger partial charge is 0.138 e. The Morgan fingerprint density at radius 3 is 2.78 bits per heavy atom. The van der Waals surface area contributed by atoms with E-state index in [9.17, 15) is 0 Å². The minimum atomic E-state index is 0.563. The van der Waals surface area contributed by atoms with Crippen molar-refractivity contribution in [2.75, 3.05) is 53.6 Å². The molecule has 3 aliphatic heterocycles. The summed E-state index contributed by atoms with van der Waals surface area (Å²) in [6.45, 7) is 11.4. The van der Waals surface area contributed by atoms with Crippen LogP contribution >= 0.6 is 11.3 Å². The van der Waals surface area contributed by atoms with Gasteiger partial charge in [0.25, 0.3) is 0 Å². The second-order valence-electron chi connectivity index (χ2n) is 10.5. The summed E-state index contributed by atoms with van der Waals surface area (Å²) in [5.74, 6) is 1.41. The van der Waals surface area contributed by atoms with E-state index in [1.807, 2.05) is 23.7 Å².